The minimum absolute atomic E-state index is 0.0398. The molecule has 0 aromatic heterocycles. The van der Waals surface area contributed by atoms with Gasteiger partial charge in [-0.3, -0.25) is 4.79 Å². The molecule has 4 heteroatoms. The molecule has 0 unspecified atom stereocenters. The number of aryl methyl sites for hydroxylation is 1. The Hall–Kier alpha value is -1.03. The number of hydrogen-bond donors (Lipinski definition) is 1. The van der Waals surface area contributed by atoms with Crippen LogP contribution in [0.2, 0.25) is 0 Å². The number of carbonyl (C=O) groups is 1. The summed E-state index contributed by atoms with van der Waals surface area (Å²) in [6.07, 6.45) is 18.9. The number of rotatable bonds is 18. The lowest BCUT2D eigenvalue weighted by Gasteiger charge is -2.10. The van der Waals surface area contributed by atoms with Crippen LogP contribution in [0.5, 0.6) is 5.75 Å². The van der Waals surface area contributed by atoms with Crippen molar-refractivity contribution in [2.75, 3.05) is 13.2 Å². The van der Waals surface area contributed by atoms with Gasteiger partial charge in [0.2, 0.25) is 0 Å². The van der Waals surface area contributed by atoms with E-state index in [0.29, 0.717) is 0 Å². The first-order valence-electron chi connectivity index (χ1n) is 11.8. The van der Waals surface area contributed by atoms with Crippen LogP contribution >= 0.6 is 15.9 Å². The molecule has 1 aromatic carbocycles. The highest BCUT2D eigenvalue weighted by Crippen LogP contribution is 2.22. The van der Waals surface area contributed by atoms with Crippen molar-refractivity contribution in [2.45, 2.75) is 104 Å². The van der Waals surface area contributed by atoms with Crippen molar-refractivity contribution in [3.8, 4) is 5.75 Å². The van der Waals surface area contributed by atoms with Crippen molar-refractivity contribution in [3.63, 3.8) is 0 Å². The molecule has 0 bridgehead atoms. The summed E-state index contributed by atoms with van der Waals surface area (Å²) in [6.45, 7) is 5.09. The smallest absolute Gasteiger partial charge is 0.257 e. The maximum Gasteiger partial charge on any atom is 0.257 e. The van der Waals surface area contributed by atoms with E-state index >= 15 is 0 Å². The van der Waals surface area contributed by atoms with Crippen LogP contribution in [0.4, 0.5) is 0 Å². The molecule has 1 amide bonds. The van der Waals surface area contributed by atoms with Crippen molar-refractivity contribution in [3.05, 3.63) is 28.2 Å². The van der Waals surface area contributed by atoms with Crippen LogP contribution in [0, 0.1) is 6.92 Å². The largest absolute Gasteiger partial charge is 0.484 e. The standard InChI is InChI=1S/C25H42BrNO2/c1-3-4-5-6-7-8-9-10-11-12-13-14-15-16-19-27-25(28)21-29-24-18-17-23(26)20-22(24)2/h17-18,20H,3-16,19,21H2,1-2H3,(H,27,28). The van der Waals surface area contributed by atoms with Crippen molar-refractivity contribution < 1.29 is 9.53 Å². The second kappa shape index (κ2) is 17.8. The Kier molecular flexibility index (Phi) is 16.0. The molecule has 1 rings (SSSR count). The van der Waals surface area contributed by atoms with Gasteiger partial charge in [0.05, 0.1) is 0 Å². The molecule has 3 nitrogen and oxygen atoms in total. The summed E-state index contributed by atoms with van der Waals surface area (Å²) in [5, 5.41) is 2.95. The van der Waals surface area contributed by atoms with Crippen LogP contribution < -0.4 is 10.1 Å². The Morgan fingerprint density at radius 1 is 0.862 bits per heavy atom. The quantitative estimate of drug-likeness (QED) is 0.224. The highest BCUT2D eigenvalue weighted by atomic mass is 79.9. The van der Waals surface area contributed by atoms with Gasteiger partial charge >= 0.3 is 0 Å². The van der Waals surface area contributed by atoms with Gasteiger partial charge in [-0.05, 0) is 37.1 Å². The molecule has 0 spiro atoms. The normalized spacial score (nSPS) is 10.9. The molecule has 0 saturated carbocycles. The lowest BCUT2D eigenvalue weighted by Crippen LogP contribution is -2.29. The van der Waals surface area contributed by atoms with E-state index in [-0.39, 0.29) is 12.5 Å². The maximum absolute atomic E-state index is 11.9. The van der Waals surface area contributed by atoms with Crippen LogP contribution in [0.3, 0.4) is 0 Å². The summed E-state index contributed by atoms with van der Waals surface area (Å²) in [7, 11) is 0. The topological polar surface area (TPSA) is 38.3 Å². The van der Waals surface area contributed by atoms with Crippen LogP contribution in [-0.4, -0.2) is 19.1 Å². The number of unbranched alkanes of at least 4 members (excludes halogenated alkanes) is 13. The molecule has 0 saturated heterocycles. The summed E-state index contributed by atoms with van der Waals surface area (Å²) in [5.41, 5.74) is 1.03. The van der Waals surface area contributed by atoms with Gasteiger partial charge in [0.25, 0.3) is 5.91 Å². The maximum atomic E-state index is 11.9. The van der Waals surface area contributed by atoms with E-state index in [9.17, 15) is 4.79 Å². The van der Waals surface area contributed by atoms with Gasteiger partial charge in [-0.15, -0.1) is 0 Å². The van der Waals surface area contributed by atoms with E-state index < -0.39 is 0 Å². The molecular formula is C25H42BrNO2. The first-order valence-corrected chi connectivity index (χ1v) is 12.6. The first kappa shape index (κ1) is 26.0. The van der Waals surface area contributed by atoms with E-state index in [1.807, 2.05) is 25.1 Å². The summed E-state index contributed by atoms with van der Waals surface area (Å²) in [4.78, 5) is 11.9. The molecule has 0 aliphatic heterocycles. The second-order valence-electron chi connectivity index (χ2n) is 8.14. The highest BCUT2D eigenvalue weighted by molar-refractivity contribution is 9.10. The third-order valence-corrected chi connectivity index (χ3v) is 5.84. The third-order valence-electron chi connectivity index (χ3n) is 5.35. The first-order chi connectivity index (χ1) is 14.1. The Morgan fingerprint density at radius 2 is 1.38 bits per heavy atom. The molecule has 0 aliphatic rings. The average molecular weight is 469 g/mol. The molecular weight excluding hydrogens is 426 g/mol. The molecule has 0 aliphatic carbocycles. The van der Waals surface area contributed by atoms with Gasteiger partial charge in [-0.1, -0.05) is 106 Å². The van der Waals surface area contributed by atoms with Gasteiger partial charge in [-0.25, -0.2) is 0 Å². The second-order valence-corrected chi connectivity index (χ2v) is 9.06. The number of ether oxygens (including phenoxy) is 1. The number of amides is 1. The van der Waals surface area contributed by atoms with Gasteiger partial charge in [-0.2, -0.15) is 0 Å². The van der Waals surface area contributed by atoms with Crippen molar-refractivity contribution in [1.82, 2.24) is 5.32 Å². The van der Waals surface area contributed by atoms with Crippen LogP contribution in [0.25, 0.3) is 0 Å². The predicted octanol–water partition coefficient (Wildman–Crippen LogP) is 7.73. The Morgan fingerprint density at radius 3 is 1.90 bits per heavy atom. The van der Waals surface area contributed by atoms with Gasteiger partial charge in [0.15, 0.2) is 6.61 Å². The Labute approximate surface area is 187 Å². The monoisotopic (exact) mass is 467 g/mol. The zero-order chi connectivity index (χ0) is 21.2. The fourth-order valence-corrected chi connectivity index (χ4v) is 3.99. The van der Waals surface area contributed by atoms with Crippen molar-refractivity contribution >= 4 is 21.8 Å². The lowest BCUT2D eigenvalue weighted by molar-refractivity contribution is -0.123. The van der Waals surface area contributed by atoms with Crippen molar-refractivity contribution in [2.24, 2.45) is 0 Å². The summed E-state index contributed by atoms with van der Waals surface area (Å²) in [6, 6.07) is 5.80. The zero-order valence-electron chi connectivity index (χ0n) is 18.7. The van der Waals surface area contributed by atoms with Gasteiger partial charge in [0.1, 0.15) is 5.75 Å². The summed E-state index contributed by atoms with van der Waals surface area (Å²) < 4.78 is 6.61. The molecule has 0 atom stereocenters. The highest BCUT2D eigenvalue weighted by Gasteiger charge is 2.05. The Bertz CT molecular complexity index is 548. The zero-order valence-corrected chi connectivity index (χ0v) is 20.3. The van der Waals surface area contributed by atoms with Crippen LogP contribution in [-0.2, 0) is 4.79 Å². The number of hydrogen-bond acceptors (Lipinski definition) is 2. The number of halogens is 1. The van der Waals surface area contributed by atoms with E-state index in [2.05, 4.69) is 28.2 Å². The molecule has 0 heterocycles. The predicted molar refractivity (Wildman–Crippen MR) is 128 cm³/mol. The SMILES string of the molecule is CCCCCCCCCCCCCCCCNC(=O)COc1ccc(Br)cc1C. The van der Waals surface area contributed by atoms with E-state index in [1.54, 1.807) is 0 Å². The number of nitrogens with one attached hydrogen (secondary N) is 1. The molecule has 0 radical (unpaired) electrons. The minimum Gasteiger partial charge on any atom is -0.484 e. The van der Waals surface area contributed by atoms with E-state index in [0.717, 1.165) is 28.8 Å². The minimum atomic E-state index is -0.0398. The average Bonchev–Trinajstić information content (AvgIpc) is 2.70. The molecule has 1 N–H and O–H groups in total. The fraction of sp³-hybridized carbons (Fsp3) is 0.720. The number of carbonyl (C=O) groups excluding carboxylic acids is 1. The molecule has 0 fully saturated rings. The van der Waals surface area contributed by atoms with Crippen molar-refractivity contribution in [1.29, 1.82) is 0 Å². The summed E-state index contributed by atoms with van der Waals surface area (Å²) >= 11 is 3.43. The third kappa shape index (κ3) is 14.6. The van der Waals surface area contributed by atoms with Crippen LogP contribution in [0.1, 0.15) is 102 Å². The Balaban J connectivity index is 1.85. The lowest BCUT2D eigenvalue weighted by atomic mass is 10.0. The number of benzene rings is 1. The molecule has 1 aromatic rings. The fourth-order valence-electron chi connectivity index (χ4n) is 3.52. The van der Waals surface area contributed by atoms with E-state index in [1.165, 1.54) is 83.5 Å². The summed E-state index contributed by atoms with van der Waals surface area (Å²) in [5.74, 6) is 0.724. The van der Waals surface area contributed by atoms with Crippen LogP contribution in [0.15, 0.2) is 22.7 Å². The molecule has 29 heavy (non-hydrogen) atoms. The van der Waals surface area contributed by atoms with Gasteiger partial charge in [0, 0.05) is 11.0 Å². The van der Waals surface area contributed by atoms with Gasteiger partial charge < -0.3 is 10.1 Å². The molecule has 166 valence electrons. The van der Waals surface area contributed by atoms with E-state index in [4.69, 9.17) is 4.74 Å².